The van der Waals surface area contributed by atoms with E-state index in [9.17, 15) is 4.79 Å². The molecular formula is C22H37NO2. The summed E-state index contributed by atoms with van der Waals surface area (Å²) in [5.41, 5.74) is -0.306. The fourth-order valence-corrected chi connectivity index (χ4v) is 6.88. The fraction of sp³-hybridized carbons (Fsp3) is 0.955. The number of esters is 1. The average molecular weight is 348 g/mol. The van der Waals surface area contributed by atoms with E-state index in [4.69, 9.17) is 4.74 Å². The maximum atomic E-state index is 13.4. The predicted molar refractivity (Wildman–Crippen MR) is 100 cm³/mol. The van der Waals surface area contributed by atoms with Gasteiger partial charge in [0.1, 0.15) is 5.54 Å². The summed E-state index contributed by atoms with van der Waals surface area (Å²) in [6.45, 7) is 4.01. The molecule has 0 radical (unpaired) electrons. The van der Waals surface area contributed by atoms with E-state index in [1.165, 1.54) is 70.6 Å². The number of carbonyl (C=O) groups is 1. The van der Waals surface area contributed by atoms with Crippen molar-refractivity contribution in [3.8, 4) is 0 Å². The molecule has 25 heavy (non-hydrogen) atoms. The molecule has 4 unspecified atom stereocenters. The summed E-state index contributed by atoms with van der Waals surface area (Å²) in [4.78, 5) is 16.2. The van der Waals surface area contributed by atoms with Gasteiger partial charge < -0.3 is 4.74 Å². The lowest BCUT2D eigenvalue weighted by Crippen LogP contribution is -2.62. The Bertz CT molecular complexity index is 460. The fourth-order valence-electron chi connectivity index (χ4n) is 6.88. The highest BCUT2D eigenvalue weighted by Crippen LogP contribution is 2.54. The Morgan fingerprint density at radius 1 is 0.840 bits per heavy atom. The van der Waals surface area contributed by atoms with Crippen LogP contribution in [0.4, 0.5) is 0 Å². The molecule has 3 heteroatoms. The Morgan fingerprint density at radius 3 is 1.88 bits per heavy atom. The summed E-state index contributed by atoms with van der Waals surface area (Å²) >= 11 is 0. The quantitative estimate of drug-likeness (QED) is 0.667. The van der Waals surface area contributed by atoms with Crippen molar-refractivity contribution >= 4 is 5.97 Å². The summed E-state index contributed by atoms with van der Waals surface area (Å²) in [5.74, 6) is 1.81. The van der Waals surface area contributed by atoms with Crippen LogP contribution >= 0.6 is 0 Å². The van der Waals surface area contributed by atoms with Crippen LogP contribution in [0.25, 0.3) is 0 Å². The highest BCUT2D eigenvalue weighted by atomic mass is 16.5. The van der Waals surface area contributed by atoms with E-state index in [0.717, 1.165) is 24.7 Å². The van der Waals surface area contributed by atoms with Crippen LogP contribution < -0.4 is 0 Å². The molecule has 0 amide bonds. The molecule has 4 rings (SSSR count). The van der Waals surface area contributed by atoms with E-state index in [2.05, 4.69) is 4.90 Å². The molecule has 4 aliphatic rings. The van der Waals surface area contributed by atoms with E-state index >= 15 is 0 Å². The zero-order valence-corrected chi connectivity index (χ0v) is 16.3. The van der Waals surface area contributed by atoms with Gasteiger partial charge in [-0.1, -0.05) is 44.9 Å². The number of hydrogen-bond acceptors (Lipinski definition) is 3. The van der Waals surface area contributed by atoms with Crippen LogP contribution in [0.5, 0.6) is 0 Å². The normalized spacial score (nSPS) is 38.2. The second-order valence-electron chi connectivity index (χ2n) is 9.48. The Hall–Kier alpha value is -0.570. The van der Waals surface area contributed by atoms with Gasteiger partial charge in [-0.3, -0.25) is 9.69 Å². The summed E-state index contributed by atoms with van der Waals surface area (Å²) in [6, 6.07) is 1.30. The molecule has 4 fully saturated rings. The van der Waals surface area contributed by atoms with Crippen molar-refractivity contribution < 1.29 is 9.53 Å². The number of nitrogens with zero attached hydrogens (tertiary/aromatic N) is 1. The van der Waals surface area contributed by atoms with Gasteiger partial charge in [-0.2, -0.15) is 0 Å². The Kier molecular flexibility index (Phi) is 5.14. The lowest BCUT2D eigenvalue weighted by atomic mass is 9.73. The molecule has 1 aliphatic heterocycles. The third-order valence-electron chi connectivity index (χ3n) is 7.73. The molecule has 0 aromatic carbocycles. The van der Waals surface area contributed by atoms with Gasteiger partial charge >= 0.3 is 5.97 Å². The van der Waals surface area contributed by atoms with Gasteiger partial charge in [-0.25, -0.2) is 0 Å². The summed E-state index contributed by atoms with van der Waals surface area (Å²) in [5, 5.41) is 0. The molecule has 0 aromatic rings. The molecule has 0 spiro atoms. The first kappa shape index (κ1) is 17.8. The lowest BCUT2D eigenvalue weighted by Gasteiger charge is -2.49. The monoisotopic (exact) mass is 347 g/mol. The smallest absolute Gasteiger partial charge is 0.326 e. The first-order valence-electron chi connectivity index (χ1n) is 11.1. The lowest BCUT2D eigenvalue weighted by molar-refractivity contribution is -0.169. The van der Waals surface area contributed by atoms with E-state index < -0.39 is 0 Å². The minimum Gasteiger partial charge on any atom is -0.462 e. The summed E-state index contributed by atoms with van der Waals surface area (Å²) in [7, 11) is 0. The number of fused-ring (bicyclic) bond motifs is 3. The van der Waals surface area contributed by atoms with Gasteiger partial charge in [-0.15, -0.1) is 0 Å². The zero-order chi connectivity index (χ0) is 17.4. The third kappa shape index (κ3) is 3.05. The van der Waals surface area contributed by atoms with Crippen LogP contribution in [-0.2, 0) is 9.53 Å². The van der Waals surface area contributed by atoms with Crippen LogP contribution in [0.15, 0.2) is 0 Å². The van der Waals surface area contributed by atoms with Crippen molar-refractivity contribution in [2.24, 2.45) is 11.8 Å². The molecule has 0 aromatic heterocycles. The Labute approximate surface area is 153 Å². The summed E-state index contributed by atoms with van der Waals surface area (Å²) in [6.07, 6.45) is 16.7. The van der Waals surface area contributed by atoms with Crippen molar-refractivity contribution in [2.45, 2.75) is 121 Å². The first-order chi connectivity index (χ1) is 12.1. The van der Waals surface area contributed by atoms with Crippen molar-refractivity contribution in [3.63, 3.8) is 0 Å². The van der Waals surface area contributed by atoms with Gasteiger partial charge in [0.05, 0.1) is 6.10 Å². The topological polar surface area (TPSA) is 29.5 Å². The van der Waals surface area contributed by atoms with E-state index in [-0.39, 0.29) is 17.6 Å². The van der Waals surface area contributed by atoms with E-state index in [1.54, 1.807) is 0 Å². The van der Waals surface area contributed by atoms with Gasteiger partial charge in [0, 0.05) is 12.1 Å². The van der Waals surface area contributed by atoms with Gasteiger partial charge in [0.2, 0.25) is 0 Å². The zero-order valence-electron chi connectivity index (χ0n) is 16.3. The van der Waals surface area contributed by atoms with Crippen molar-refractivity contribution in [1.82, 2.24) is 4.90 Å². The van der Waals surface area contributed by atoms with Gasteiger partial charge in [-0.05, 0) is 64.2 Å². The number of likely N-dealkylation sites (tertiary alicyclic amines) is 1. The first-order valence-corrected chi connectivity index (χ1v) is 11.1. The van der Waals surface area contributed by atoms with Crippen LogP contribution in [0.2, 0.25) is 0 Å². The Balaban J connectivity index is 1.70. The van der Waals surface area contributed by atoms with Crippen LogP contribution in [0.1, 0.15) is 97.3 Å². The van der Waals surface area contributed by atoms with Crippen LogP contribution in [0.3, 0.4) is 0 Å². The Morgan fingerprint density at radius 2 is 1.36 bits per heavy atom. The summed E-state index contributed by atoms with van der Waals surface area (Å²) < 4.78 is 5.88. The minimum absolute atomic E-state index is 0.00166. The van der Waals surface area contributed by atoms with Crippen molar-refractivity contribution in [2.75, 3.05) is 0 Å². The maximum Gasteiger partial charge on any atom is 0.326 e. The number of rotatable bonds is 3. The molecule has 4 atom stereocenters. The second-order valence-corrected chi connectivity index (χ2v) is 9.48. The van der Waals surface area contributed by atoms with Gasteiger partial charge in [0.15, 0.2) is 0 Å². The molecule has 142 valence electrons. The molecule has 1 heterocycles. The number of ether oxygens (including phenoxy) is 1. The van der Waals surface area contributed by atoms with E-state index in [0.29, 0.717) is 12.1 Å². The predicted octanol–water partition coefficient (Wildman–Crippen LogP) is 5.07. The third-order valence-corrected chi connectivity index (χ3v) is 7.73. The van der Waals surface area contributed by atoms with Crippen molar-refractivity contribution in [3.05, 3.63) is 0 Å². The van der Waals surface area contributed by atoms with E-state index in [1.807, 2.05) is 13.8 Å². The molecule has 3 aliphatic carbocycles. The molecular weight excluding hydrogens is 310 g/mol. The SMILES string of the molecule is CC(C)OC(=O)C1(N2C3CCCCC3C3CCCCC32)CCCCC1. The molecule has 0 bridgehead atoms. The highest BCUT2D eigenvalue weighted by molar-refractivity contribution is 5.81. The molecule has 0 N–H and O–H groups in total. The van der Waals surface area contributed by atoms with Gasteiger partial charge in [0.25, 0.3) is 0 Å². The average Bonchev–Trinajstić information content (AvgIpc) is 2.97. The largest absolute Gasteiger partial charge is 0.462 e. The standard InChI is InChI=1S/C22H37NO2/c1-16(2)25-21(24)22(14-8-3-9-15-22)23-19-12-6-4-10-17(19)18-11-5-7-13-20(18)23/h16-20H,3-15H2,1-2H3. The van der Waals surface area contributed by atoms with Crippen molar-refractivity contribution in [1.29, 1.82) is 0 Å². The van der Waals surface area contributed by atoms with Crippen LogP contribution in [0, 0.1) is 11.8 Å². The number of carbonyl (C=O) groups excluding carboxylic acids is 1. The maximum absolute atomic E-state index is 13.4. The second kappa shape index (κ2) is 7.21. The highest BCUT2D eigenvalue weighted by Gasteiger charge is 2.59. The molecule has 3 saturated carbocycles. The van der Waals surface area contributed by atoms with Crippen LogP contribution in [-0.4, -0.2) is 34.6 Å². The molecule has 3 nitrogen and oxygen atoms in total. The minimum atomic E-state index is -0.306. The number of hydrogen-bond donors (Lipinski definition) is 0. The molecule has 1 saturated heterocycles.